The van der Waals surface area contributed by atoms with Crippen molar-refractivity contribution < 1.29 is 9.47 Å². The molecule has 0 radical (unpaired) electrons. The Morgan fingerprint density at radius 1 is 1.32 bits per heavy atom. The van der Waals surface area contributed by atoms with Gasteiger partial charge in [-0.1, -0.05) is 6.92 Å². The first-order valence-corrected chi connectivity index (χ1v) is 7.80. The van der Waals surface area contributed by atoms with E-state index in [0.717, 1.165) is 45.5 Å². The van der Waals surface area contributed by atoms with Crippen molar-refractivity contribution >= 4 is 0 Å². The Hall–Kier alpha value is -0.160. The number of methoxy groups -OCH3 is 1. The highest BCUT2D eigenvalue weighted by Crippen LogP contribution is 2.32. The molecule has 1 saturated heterocycles. The second-order valence-corrected chi connectivity index (χ2v) is 6.13. The lowest BCUT2D eigenvalue weighted by Gasteiger charge is -2.41. The second-order valence-electron chi connectivity index (χ2n) is 6.13. The zero-order valence-electron chi connectivity index (χ0n) is 12.6. The average molecular weight is 270 g/mol. The normalized spacial score (nSPS) is 22.9. The van der Waals surface area contributed by atoms with Crippen molar-refractivity contribution in [2.45, 2.75) is 38.6 Å². The van der Waals surface area contributed by atoms with E-state index in [1.165, 1.54) is 32.2 Å². The molecule has 19 heavy (non-hydrogen) atoms. The SMILES string of the molecule is CCN(CCOC)CC1(CNC2CC2)CCOCC1. The average Bonchev–Trinajstić information content (AvgIpc) is 3.27. The highest BCUT2D eigenvalue weighted by molar-refractivity contribution is 4.91. The quantitative estimate of drug-likeness (QED) is 0.688. The highest BCUT2D eigenvalue weighted by atomic mass is 16.5. The van der Waals surface area contributed by atoms with Crippen molar-refractivity contribution in [1.29, 1.82) is 0 Å². The lowest BCUT2D eigenvalue weighted by atomic mass is 9.79. The molecule has 0 atom stereocenters. The van der Waals surface area contributed by atoms with Crippen molar-refractivity contribution in [3.8, 4) is 0 Å². The fraction of sp³-hybridized carbons (Fsp3) is 1.00. The topological polar surface area (TPSA) is 33.7 Å². The van der Waals surface area contributed by atoms with Crippen LogP contribution in [0.3, 0.4) is 0 Å². The van der Waals surface area contributed by atoms with Crippen LogP contribution in [-0.2, 0) is 9.47 Å². The molecule has 0 bridgehead atoms. The van der Waals surface area contributed by atoms with E-state index in [0.29, 0.717) is 5.41 Å². The molecule has 0 amide bonds. The molecule has 0 aromatic carbocycles. The largest absolute Gasteiger partial charge is 0.383 e. The van der Waals surface area contributed by atoms with Gasteiger partial charge in [0.2, 0.25) is 0 Å². The summed E-state index contributed by atoms with van der Waals surface area (Å²) in [6.07, 6.45) is 5.12. The second kappa shape index (κ2) is 7.58. The third-order valence-electron chi connectivity index (χ3n) is 4.51. The van der Waals surface area contributed by atoms with Gasteiger partial charge in [0, 0.05) is 46.0 Å². The van der Waals surface area contributed by atoms with Crippen LogP contribution in [0.15, 0.2) is 0 Å². The van der Waals surface area contributed by atoms with E-state index < -0.39 is 0 Å². The molecule has 0 aromatic heterocycles. The maximum Gasteiger partial charge on any atom is 0.0589 e. The molecule has 1 saturated carbocycles. The van der Waals surface area contributed by atoms with E-state index in [1.54, 1.807) is 7.11 Å². The lowest BCUT2D eigenvalue weighted by molar-refractivity contribution is -0.00693. The Morgan fingerprint density at radius 3 is 2.63 bits per heavy atom. The van der Waals surface area contributed by atoms with Gasteiger partial charge < -0.3 is 19.7 Å². The summed E-state index contributed by atoms with van der Waals surface area (Å²) in [5, 5.41) is 3.74. The van der Waals surface area contributed by atoms with Crippen molar-refractivity contribution in [1.82, 2.24) is 10.2 Å². The number of nitrogens with zero attached hydrogens (tertiary/aromatic N) is 1. The fourth-order valence-electron chi connectivity index (χ4n) is 2.89. The van der Waals surface area contributed by atoms with E-state index in [-0.39, 0.29) is 0 Å². The molecule has 1 N–H and O–H groups in total. The third-order valence-corrected chi connectivity index (χ3v) is 4.51. The highest BCUT2D eigenvalue weighted by Gasteiger charge is 2.35. The molecule has 1 heterocycles. The fourth-order valence-corrected chi connectivity index (χ4v) is 2.89. The van der Waals surface area contributed by atoms with Crippen LogP contribution in [0.5, 0.6) is 0 Å². The number of hydrogen-bond donors (Lipinski definition) is 1. The third kappa shape index (κ3) is 5.03. The van der Waals surface area contributed by atoms with E-state index in [4.69, 9.17) is 9.47 Å². The van der Waals surface area contributed by atoms with Gasteiger partial charge in [0.05, 0.1) is 6.61 Å². The summed E-state index contributed by atoms with van der Waals surface area (Å²) in [7, 11) is 1.78. The van der Waals surface area contributed by atoms with Gasteiger partial charge in [0.15, 0.2) is 0 Å². The van der Waals surface area contributed by atoms with Crippen LogP contribution in [0.25, 0.3) is 0 Å². The number of hydrogen-bond acceptors (Lipinski definition) is 4. The van der Waals surface area contributed by atoms with Crippen LogP contribution in [0.1, 0.15) is 32.6 Å². The predicted octanol–water partition coefficient (Wildman–Crippen LogP) is 1.50. The summed E-state index contributed by atoms with van der Waals surface area (Å²) < 4.78 is 10.8. The van der Waals surface area contributed by atoms with Gasteiger partial charge in [-0.3, -0.25) is 0 Å². The van der Waals surface area contributed by atoms with Crippen LogP contribution < -0.4 is 5.32 Å². The zero-order chi connectivity index (χ0) is 13.6. The molecule has 2 fully saturated rings. The Morgan fingerprint density at radius 2 is 2.05 bits per heavy atom. The number of ether oxygens (including phenoxy) is 2. The smallest absolute Gasteiger partial charge is 0.0589 e. The summed E-state index contributed by atoms with van der Waals surface area (Å²) in [6, 6.07) is 0.800. The Bertz CT molecular complexity index is 251. The maximum atomic E-state index is 5.57. The molecule has 112 valence electrons. The van der Waals surface area contributed by atoms with Gasteiger partial charge in [-0.05, 0) is 37.6 Å². The standard InChI is InChI=1S/C15H30N2O2/c1-3-17(8-11-18-2)13-15(6-9-19-10-7-15)12-16-14-4-5-14/h14,16H,3-13H2,1-2H3. The lowest BCUT2D eigenvalue weighted by Crippen LogP contribution is -2.48. The number of likely N-dealkylation sites (N-methyl/N-ethyl adjacent to an activating group) is 1. The predicted molar refractivity (Wildman–Crippen MR) is 77.5 cm³/mol. The summed E-state index contributed by atoms with van der Waals surface area (Å²) in [6.45, 7) is 9.41. The molecular formula is C15H30N2O2. The van der Waals surface area contributed by atoms with Crippen molar-refractivity contribution in [2.75, 3.05) is 53.1 Å². The molecule has 0 unspecified atom stereocenters. The van der Waals surface area contributed by atoms with Gasteiger partial charge in [-0.2, -0.15) is 0 Å². The van der Waals surface area contributed by atoms with Gasteiger partial charge >= 0.3 is 0 Å². The molecule has 0 aromatic rings. The van der Waals surface area contributed by atoms with Gasteiger partial charge in [0.25, 0.3) is 0 Å². The van der Waals surface area contributed by atoms with Crippen LogP contribution in [0.4, 0.5) is 0 Å². The van der Waals surface area contributed by atoms with Crippen LogP contribution >= 0.6 is 0 Å². The van der Waals surface area contributed by atoms with Crippen molar-refractivity contribution in [3.05, 3.63) is 0 Å². The molecule has 2 aliphatic rings. The molecule has 4 nitrogen and oxygen atoms in total. The first kappa shape index (κ1) is 15.2. The summed E-state index contributed by atoms with van der Waals surface area (Å²) in [5.74, 6) is 0. The van der Waals surface area contributed by atoms with E-state index in [1.807, 2.05) is 0 Å². The summed E-state index contributed by atoms with van der Waals surface area (Å²) in [4.78, 5) is 2.53. The molecule has 2 rings (SSSR count). The van der Waals surface area contributed by atoms with E-state index in [9.17, 15) is 0 Å². The minimum Gasteiger partial charge on any atom is -0.383 e. The first-order valence-electron chi connectivity index (χ1n) is 7.80. The molecular weight excluding hydrogens is 240 g/mol. The summed E-state index contributed by atoms with van der Waals surface area (Å²) >= 11 is 0. The number of nitrogens with one attached hydrogen (secondary N) is 1. The monoisotopic (exact) mass is 270 g/mol. The first-order chi connectivity index (χ1) is 9.28. The minimum absolute atomic E-state index is 0.407. The zero-order valence-corrected chi connectivity index (χ0v) is 12.6. The molecule has 1 aliphatic heterocycles. The van der Waals surface area contributed by atoms with Crippen LogP contribution in [-0.4, -0.2) is 64.1 Å². The molecule has 0 spiro atoms. The minimum atomic E-state index is 0.407. The summed E-state index contributed by atoms with van der Waals surface area (Å²) in [5.41, 5.74) is 0.407. The van der Waals surface area contributed by atoms with E-state index >= 15 is 0 Å². The molecule has 4 heteroatoms. The van der Waals surface area contributed by atoms with E-state index in [2.05, 4.69) is 17.1 Å². The van der Waals surface area contributed by atoms with Gasteiger partial charge in [-0.25, -0.2) is 0 Å². The van der Waals surface area contributed by atoms with Crippen LogP contribution in [0, 0.1) is 5.41 Å². The van der Waals surface area contributed by atoms with Gasteiger partial charge in [-0.15, -0.1) is 0 Å². The number of rotatable bonds is 9. The maximum absolute atomic E-state index is 5.57. The van der Waals surface area contributed by atoms with Gasteiger partial charge in [0.1, 0.15) is 0 Å². The van der Waals surface area contributed by atoms with Crippen molar-refractivity contribution in [2.24, 2.45) is 5.41 Å². The Kier molecular flexibility index (Phi) is 6.07. The Balaban J connectivity index is 1.86. The van der Waals surface area contributed by atoms with Crippen LogP contribution in [0.2, 0.25) is 0 Å². The molecule has 1 aliphatic carbocycles. The van der Waals surface area contributed by atoms with Crippen molar-refractivity contribution in [3.63, 3.8) is 0 Å². The Labute approximate surface area is 117 Å².